The van der Waals surface area contributed by atoms with E-state index in [1.54, 1.807) is 25.5 Å². The van der Waals surface area contributed by atoms with E-state index in [-0.39, 0.29) is 12.1 Å². The van der Waals surface area contributed by atoms with Gasteiger partial charge < -0.3 is 24.5 Å². The van der Waals surface area contributed by atoms with Crippen LogP contribution in [0.1, 0.15) is 17.4 Å². The van der Waals surface area contributed by atoms with E-state index < -0.39 is 0 Å². The van der Waals surface area contributed by atoms with Crippen LogP contribution in [0, 0.1) is 6.92 Å². The Morgan fingerprint density at radius 1 is 1.20 bits per heavy atom. The molecule has 0 aliphatic heterocycles. The van der Waals surface area contributed by atoms with Crippen LogP contribution in [0.3, 0.4) is 0 Å². The van der Waals surface area contributed by atoms with Gasteiger partial charge in [0.15, 0.2) is 11.5 Å². The summed E-state index contributed by atoms with van der Waals surface area (Å²) in [5.74, 6) is 2.38. The molecule has 0 aliphatic carbocycles. The highest BCUT2D eigenvalue weighted by molar-refractivity contribution is 5.89. The van der Waals surface area contributed by atoms with Gasteiger partial charge in [0.1, 0.15) is 5.76 Å². The summed E-state index contributed by atoms with van der Waals surface area (Å²) in [6, 6.07) is 12.4. The number of carbonyl (C=O) groups excluding carboxylic acids is 1. The van der Waals surface area contributed by atoms with Gasteiger partial charge in [-0.1, -0.05) is 6.07 Å². The van der Waals surface area contributed by atoms with Crippen molar-refractivity contribution in [2.45, 2.75) is 13.0 Å². The SMILES string of the molecule is COc1cc(C)ccc1Oc1ccc(NC(=O)NC[C@@H](c2ccco2)N(C)C)cn1. The van der Waals surface area contributed by atoms with Crippen molar-refractivity contribution in [2.24, 2.45) is 0 Å². The number of anilines is 1. The van der Waals surface area contributed by atoms with Crippen molar-refractivity contribution >= 4 is 11.7 Å². The van der Waals surface area contributed by atoms with E-state index in [0.717, 1.165) is 11.3 Å². The van der Waals surface area contributed by atoms with Crippen LogP contribution in [0.2, 0.25) is 0 Å². The second-order valence-electron chi connectivity index (χ2n) is 6.97. The molecule has 2 amide bonds. The van der Waals surface area contributed by atoms with E-state index >= 15 is 0 Å². The van der Waals surface area contributed by atoms with Crippen molar-refractivity contribution in [3.63, 3.8) is 0 Å². The highest BCUT2D eigenvalue weighted by atomic mass is 16.5. The minimum absolute atomic E-state index is 0.0656. The highest BCUT2D eigenvalue weighted by Crippen LogP contribution is 2.31. The lowest BCUT2D eigenvalue weighted by atomic mass is 10.2. The smallest absolute Gasteiger partial charge is 0.319 e. The summed E-state index contributed by atoms with van der Waals surface area (Å²) >= 11 is 0. The van der Waals surface area contributed by atoms with Gasteiger partial charge in [-0.25, -0.2) is 9.78 Å². The van der Waals surface area contributed by atoms with Crippen LogP contribution in [0.5, 0.6) is 17.4 Å². The molecular formula is C22H26N4O4. The average molecular weight is 410 g/mol. The van der Waals surface area contributed by atoms with Gasteiger partial charge in [0.05, 0.1) is 31.3 Å². The second kappa shape index (κ2) is 9.80. The Hall–Kier alpha value is -3.52. The molecule has 1 aromatic carbocycles. The first-order chi connectivity index (χ1) is 14.5. The van der Waals surface area contributed by atoms with Gasteiger partial charge in [0, 0.05) is 12.6 Å². The van der Waals surface area contributed by atoms with Crippen LogP contribution >= 0.6 is 0 Å². The molecule has 2 heterocycles. The standard InChI is InChI=1S/C22H26N4O4/c1-15-7-9-19(20(12-15)28-4)30-21-10-8-16(13-23-21)25-22(27)24-14-17(26(2)3)18-6-5-11-29-18/h5-13,17H,14H2,1-4H3,(H2,24,25,27)/t17-/m0/s1. The van der Waals surface area contributed by atoms with Gasteiger partial charge in [-0.15, -0.1) is 0 Å². The fraction of sp³-hybridized carbons (Fsp3) is 0.273. The Labute approximate surface area is 175 Å². The predicted molar refractivity (Wildman–Crippen MR) is 114 cm³/mol. The van der Waals surface area contributed by atoms with Gasteiger partial charge in [0.2, 0.25) is 5.88 Å². The third-order valence-electron chi connectivity index (χ3n) is 4.48. The lowest BCUT2D eigenvalue weighted by Gasteiger charge is -2.22. The maximum absolute atomic E-state index is 12.3. The molecule has 0 radical (unpaired) electrons. The zero-order valence-corrected chi connectivity index (χ0v) is 17.5. The van der Waals surface area contributed by atoms with Gasteiger partial charge in [0.25, 0.3) is 0 Å². The number of rotatable bonds is 8. The van der Waals surface area contributed by atoms with Crippen molar-refractivity contribution in [2.75, 3.05) is 33.1 Å². The normalized spacial score (nSPS) is 11.8. The number of urea groups is 1. The van der Waals surface area contributed by atoms with Crippen LogP contribution < -0.4 is 20.1 Å². The molecule has 8 heteroatoms. The van der Waals surface area contributed by atoms with Crippen molar-refractivity contribution in [3.05, 3.63) is 66.2 Å². The van der Waals surface area contributed by atoms with Gasteiger partial charge in [-0.05, 0) is 56.9 Å². The number of furan rings is 1. The number of ether oxygens (including phenoxy) is 2. The van der Waals surface area contributed by atoms with Crippen LogP contribution in [0.4, 0.5) is 10.5 Å². The largest absolute Gasteiger partial charge is 0.493 e. The summed E-state index contributed by atoms with van der Waals surface area (Å²) in [5, 5.41) is 5.61. The molecule has 30 heavy (non-hydrogen) atoms. The van der Waals surface area contributed by atoms with Gasteiger partial charge in [-0.2, -0.15) is 0 Å². The summed E-state index contributed by atoms with van der Waals surface area (Å²) in [7, 11) is 5.45. The third-order valence-corrected chi connectivity index (χ3v) is 4.48. The lowest BCUT2D eigenvalue weighted by Crippen LogP contribution is -2.36. The number of hydrogen-bond acceptors (Lipinski definition) is 6. The fourth-order valence-corrected chi connectivity index (χ4v) is 2.87. The first-order valence-electron chi connectivity index (χ1n) is 9.49. The number of aryl methyl sites for hydroxylation is 1. The number of likely N-dealkylation sites (N-methyl/N-ethyl adjacent to an activating group) is 1. The monoisotopic (exact) mass is 410 g/mol. The third kappa shape index (κ3) is 5.51. The maximum Gasteiger partial charge on any atom is 0.319 e. The Morgan fingerprint density at radius 3 is 2.67 bits per heavy atom. The van der Waals surface area contributed by atoms with E-state index in [1.807, 2.05) is 56.3 Å². The zero-order chi connectivity index (χ0) is 21.5. The van der Waals surface area contributed by atoms with E-state index in [4.69, 9.17) is 13.9 Å². The van der Waals surface area contributed by atoms with Crippen molar-refractivity contribution < 1.29 is 18.7 Å². The summed E-state index contributed by atoms with van der Waals surface area (Å²) in [4.78, 5) is 18.5. The minimum Gasteiger partial charge on any atom is -0.493 e. The quantitative estimate of drug-likeness (QED) is 0.578. The molecule has 1 atom stereocenters. The summed E-state index contributed by atoms with van der Waals surface area (Å²) in [6.45, 7) is 2.37. The molecule has 158 valence electrons. The molecule has 0 saturated heterocycles. The van der Waals surface area contributed by atoms with E-state index in [2.05, 4.69) is 15.6 Å². The Balaban J connectivity index is 1.55. The molecule has 3 rings (SSSR count). The van der Waals surface area contributed by atoms with Crippen molar-refractivity contribution in [1.29, 1.82) is 0 Å². The lowest BCUT2D eigenvalue weighted by molar-refractivity contribution is 0.233. The molecule has 0 unspecified atom stereocenters. The fourth-order valence-electron chi connectivity index (χ4n) is 2.87. The molecule has 0 spiro atoms. The van der Waals surface area contributed by atoms with Crippen molar-refractivity contribution in [1.82, 2.24) is 15.2 Å². The number of benzene rings is 1. The molecule has 8 nitrogen and oxygen atoms in total. The maximum atomic E-state index is 12.3. The topological polar surface area (TPSA) is 88.9 Å². The van der Waals surface area contributed by atoms with Gasteiger partial charge in [-0.3, -0.25) is 4.90 Å². The number of nitrogens with zero attached hydrogens (tertiary/aromatic N) is 2. The average Bonchev–Trinajstić information content (AvgIpc) is 3.25. The second-order valence-corrected chi connectivity index (χ2v) is 6.97. The zero-order valence-electron chi connectivity index (χ0n) is 17.5. The van der Waals surface area contributed by atoms with Crippen LogP contribution in [-0.2, 0) is 0 Å². The molecule has 0 saturated carbocycles. The van der Waals surface area contributed by atoms with E-state index in [0.29, 0.717) is 29.6 Å². The number of hydrogen-bond donors (Lipinski definition) is 2. The van der Waals surface area contributed by atoms with E-state index in [1.165, 1.54) is 6.20 Å². The summed E-state index contributed by atoms with van der Waals surface area (Å²) < 4.78 is 16.6. The van der Waals surface area contributed by atoms with E-state index in [9.17, 15) is 4.79 Å². The molecule has 0 aliphatic rings. The number of carbonyl (C=O) groups is 1. The minimum atomic E-state index is -0.330. The van der Waals surface area contributed by atoms with Crippen LogP contribution in [0.15, 0.2) is 59.3 Å². The Kier molecular flexibility index (Phi) is 6.92. The van der Waals surface area contributed by atoms with Crippen LogP contribution in [0.25, 0.3) is 0 Å². The molecule has 0 fully saturated rings. The Morgan fingerprint density at radius 2 is 2.03 bits per heavy atom. The van der Waals surface area contributed by atoms with Crippen molar-refractivity contribution in [3.8, 4) is 17.4 Å². The predicted octanol–water partition coefficient (Wildman–Crippen LogP) is 4.21. The molecule has 2 aromatic heterocycles. The molecule has 3 aromatic rings. The highest BCUT2D eigenvalue weighted by Gasteiger charge is 2.18. The number of nitrogens with one attached hydrogen (secondary N) is 2. The van der Waals surface area contributed by atoms with Gasteiger partial charge >= 0.3 is 6.03 Å². The Bertz CT molecular complexity index is 956. The first kappa shape index (κ1) is 21.2. The molecule has 2 N–H and O–H groups in total. The summed E-state index contributed by atoms with van der Waals surface area (Å²) in [6.07, 6.45) is 3.15. The number of aromatic nitrogens is 1. The number of methoxy groups -OCH3 is 1. The first-order valence-corrected chi connectivity index (χ1v) is 9.49. The number of pyridine rings is 1. The van der Waals surface area contributed by atoms with Crippen LogP contribution in [-0.4, -0.2) is 43.7 Å². The summed E-state index contributed by atoms with van der Waals surface area (Å²) in [5.41, 5.74) is 1.62. The number of amides is 2. The molecular weight excluding hydrogens is 384 g/mol. The molecule has 0 bridgehead atoms.